The van der Waals surface area contributed by atoms with Crippen molar-refractivity contribution in [2.75, 3.05) is 26.2 Å². The van der Waals surface area contributed by atoms with E-state index in [4.69, 9.17) is 0 Å². The van der Waals surface area contributed by atoms with Gasteiger partial charge in [-0.05, 0) is 38.5 Å². The van der Waals surface area contributed by atoms with Crippen molar-refractivity contribution in [1.82, 2.24) is 0 Å². The summed E-state index contributed by atoms with van der Waals surface area (Å²) in [4.78, 5) is 0. The highest BCUT2D eigenvalue weighted by atomic mass is 19.0. The number of rotatable bonds is 13. The van der Waals surface area contributed by atoms with E-state index >= 15 is 0 Å². The van der Waals surface area contributed by atoms with E-state index in [0.29, 0.717) is 0 Å². The van der Waals surface area contributed by atoms with E-state index in [0.717, 1.165) is 0 Å². The Kier molecular flexibility index (Phi) is 14.4. The van der Waals surface area contributed by atoms with E-state index in [1.807, 2.05) is 0 Å². The summed E-state index contributed by atoms with van der Waals surface area (Å²) < 4.78 is 1.48. The molecule has 0 aromatic heterocycles. The van der Waals surface area contributed by atoms with E-state index in [1.54, 1.807) is 0 Å². The van der Waals surface area contributed by atoms with Crippen molar-refractivity contribution in [2.45, 2.75) is 104 Å². The lowest BCUT2D eigenvalue weighted by molar-refractivity contribution is -0.932. The number of halogens is 1. The third-order valence-corrected chi connectivity index (χ3v) is 5.49. The molecule has 0 spiro atoms. The fourth-order valence-corrected chi connectivity index (χ4v) is 3.99. The largest absolute Gasteiger partial charge is 1.00 e. The van der Waals surface area contributed by atoms with Crippen LogP contribution in [0.3, 0.4) is 0 Å². The number of hydrogen-bond donors (Lipinski definition) is 0. The highest BCUT2D eigenvalue weighted by Crippen LogP contribution is 2.22. The number of quaternary nitrogens is 1. The molecule has 0 N–H and O–H groups in total. The summed E-state index contributed by atoms with van der Waals surface area (Å²) in [7, 11) is 0. The van der Waals surface area contributed by atoms with Gasteiger partial charge in [-0.2, -0.15) is 0 Å². The first-order valence-corrected chi connectivity index (χ1v) is 10.2. The Morgan fingerprint density at radius 2 is 1.00 bits per heavy atom. The molecule has 0 atom stereocenters. The van der Waals surface area contributed by atoms with E-state index in [-0.39, 0.29) is 4.70 Å². The third kappa shape index (κ3) is 9.82. The zero-order chi connectivity index (χ0) is 15.2. The maximum Gasteiger partial charge on any atom is 0.0786 e. The van der Waals surface area contributed by atoms with Gasteiger partial charge in [0.2, 0.25) is 0 Å². The van der Waals surface area contributed by atoms with Gasteiger partial charge in [-0.1, -0.05) is 65.2 Å². The summed E-state index contributed by atoms with van der Waals surface area (Å²) in [6.45, 7) is 10.6. The van der Waals surface area contributed by atoms with E-state index in [1.165, 1.54) is 121 Å². The van der Waals surface area contributed by atoms with Crippen LogP contribution >= 0.6 is 0 Å². The average Bonchev–Trinajstić information content (AvgIpc) is 2.52. The smallest absolute Gasteiger partial charge is 0.0786 e. The fraction of sp³-hybridized carbons (Fsp3) is 1.00. The van der Waals surface area contributed by atoms with Gasteiger partial charge in [0, 0.05) is 0 Å². The molecule has 1 fully saturated rings. The predicted molar refractivity (Wildman–Crippen MR) is 95.7 cm³/mol. The van der Waals surface area contributed by atoms with Gasteiger partial charge in [-0.3, -0.25) is 0 Å². The third-order valence-electron chi connectivity index (χ3n) is 5.49. The second-order valence-corrected chi connectivity index (χ2v) is 7.48. The lowest BCUT2D eigenvalue weighted by Crippen LogP contribution is -3.00. The normalized spacial score (nSPS) is 17.2. The Balaban J connectivity index is 0.00000441. The molecule has 1 saturated heterocycles. The molecule has 1 nitrogen and oxygen atoms in total. The first-order chi connectivity index (χ1) is 10.3. The van der Waals surface area contributed by atoms with Crippen LogP contribution in [0.15, 0.2) is 0 Å². The Hall–Kier alpha value is -0.110. The molecular weight excluding hydrogens is 273 g/mol. The Morgan fingerprint density at radius 1 is 0.545 bits per heavy atom. The van der Waals surface area contributed by atoms with Crippen molar-refractivity contribution in [1.29, 1.82) is 0 Å². The molecule has 1 aliphatic rings. The molecule has 0 bridgehead atoms. The number of nitrogens with zero attached hydrogens (tertiary/aromatic N) is 1. The summed E-state index contributed by atoms with van der Waals surface area (Å²) in [5, 5.41) is 0. The quantitative estimate of drug-likeness (QED) is 0.361. The molecule has 134 valence electrons. The Morgan fingerprint density at radius 3 is 1.55 bits per heavy atom. The van der Waals surface area contributed by atoms with Gasteiger partial charge in [0.05, 0.1) is 26.2 Å². The van der Waals surface area contributed by atoms with Crippen molar-refractivity contribution in [3.63, 3.8) is 0 Å². The Labute approximate surface area is 139 Å². The minimum Gasteiger partial charge on any atom is -1.00 e. The zero-order valence-corrected chi connectivity index (χ0v) is 15.6. The molecule has 0 aromatic carbocycles. The molecule has 0 aliphatic carbocycles. The number of unbranched alkanes of at least 4 members (excludes halogenated alkanes) is 9. The van der Waals surface area contributed by atoms with Crippen LogP contribution in [0.4, 0.5) is 0 Å². The van der Waals surface area contributed by atoms with E-state index in [9.17, 15) is 0 Å². The topological polar surface area (TPSA) is 0 Å². The molecule has 0 saturated carbocycles. The molecule has 0 radical (unpaired) electrons. The minimum atomic E-state index is 0. The van der Waals surface area contributed by atoms with Gasteiger partial charge in [0.1, 0.15) is 0 Å². The van der Waals surface area contributed by atoms with Crippen LogP contribution in [0.1, 0.15) is 104 Å². The molecule has 0 amide bonds. The molecule has 2 heteroatoms. The number of piperidine rings is 1. The van der Waals surface area contributed by atoms with Gasteiger partial charge in [0.15, 0.2) is 0 Å². The van der Waals surface area contributed by atoms with Gasteiger partial charge in [0.25, 0.3) is 0 Å². The van der Waals surface area contributed by atoms with E-state index in [2.05, 4.69) is 13.8 Å². The van der Waals surface area contributed by atoms with Gasteiger partial charge < -0.3 is 9.19 Å². The van der Waals surface area contributed by atoms with Crippen molar-refractivity contribution in [3.05, 3.63) is 0 Å². The van der Waals surface area contributed by atoms with Crippen LogP contribution in [-0.2, 0) is 0 Å². The SMILES string of the molecule is CCCCCCCCCCC[N+]1(CCCC)CCCCC1.[F-]. The maximum atomic E-state index is 2.35. The summed E-state index contributed by atoms with van der Waals surface area (Å²) in [5.41, 5.74) is 0. The van der Waals surface area contributed by atoms with Gasteiger partial charge >= 0.3 is 0 Å². The minimum absolute atomic E-state index is 0. The average molecular weight is 316 g/mol. The molecule has 1 aliphatic heterocycles. The van der Waals surface area contributed by atoms with Crippen LogP contribution in [0.5, 0.6) is 0 Å². The van der Waals surface area contributed by atoms with Crippen molar-refractivity contribution >= 4 is 0 Å². The lowest BCUT2D eigenvalue weighted by Gasteiger charge is -2.42. The lowest BCUT2D eigenvalue weighted by atomic mass is 10.0. The fourth-order valence-electron chi connectivity index (χ4n) is 3.99. The highest BCUT2D eigenvalue weighted by molar-refractivity contribution is 4.56. The highest BCUT2D eigenvalue weighted by Gasteiger charge is 2.28. The summed E-state index contributed by atoms with van der Waals surface area (Å²) in [6, 6.07) is 0. The van der Waals surface area contributed by atoms with E-state index < -0.39 is 0 Å². The van der Waals surface area contributed by atoms with Crippen LogP contribution in [0.2, 0.25) is 0 Å². The first kappa shape index (κ1) is 21.9. The molecule has 0 unspecified atom stereocenters. The predicted octanol–water partition coefficient (Wildman–Crippen LogP) is 3.32. The zero-order valence-electron chi connectivity index (χ0n) is 15.6. The summed E-state index contributed by atoms with van der Waals surface area (Å²) in [6.07, 6.45) is 20.5. The molecule has 1 heterocycles. The van der Waals surface area contributed by atoms with Crippen LogP contribution < -0.4 is 4.70 Å². The van der Waals surface area contributed by atoms with Gasteiger partial charge in [-0.25, -0.2) is 0 Å². The van der Waals surface area contributed by atoms with Gasteiger partial charge in [-0.15, -0.1) is 0 Å². The molecule has 0 aromatic rings. The number of hydrogen-bond acceptors (Lipinski definition) is 0. The van der Waals surface area contributed by atoms with Crippen LogP contribution in [0, 0.1) is 0 Å². The second kappa shape index (κ2) is 14.5. The number of likely N-dealkylation sites (tertiary alicyclic amines) is 1. The van der Waals surface area contributed by atoms with Crippen LogP contribution in [-0.4, -0.2) is 30.7 Å². The second-order valence-electron chi connectivity index (χ2n) is 7.48. The first-order valence-electron chi connectivity index (χ1n) is 10.2. The molecular formula is C20H42FN. The maximum absolute atomic E-state index is 2.35. The Bertz CT molecular complexity index is 224. The monoisotopic (exact) mass is 315 g/mol. The summed E-state index contributed by atoms with van der Waals surface area (Å²) >= 11 is 0. The van der Waals surface area contributed by atoms with Crippen LogP contribution in [0.25, 0.3) is 0 Å². The molecule has 22 heavy (non-hydrogen) atoms. The standard InChI is InChI=1S/C20H42N.FH/c1-3-5-7-8-9-10-11-12-14-18-21(17-6-4-2)19-15-13-16-20-21;/h3-20H2,1-2H3;1H/q+1;/p-1. The molecule has 1 rings (SSSR count). The van der Waals surface area contributed by atoms with Crippen molar-refractivity contribution in [3.8, 4) is 0 Å². The van der Waals surface area contributed by atoms with Crippen molar-refractivity contribution < 1.29 is 9.19 Å². The van der Waals surface area contributed by atoms with Crippen molar-refractivity contribution in [2.24, 2.45) is 0 Å². The summed E-state index contributed by atoms with van der Waals surface area (Å²) in [5.74, 6) is 0.